The smallest absolute Gasteiger partial charge is 0.350 e. The van der Waals surface area contributed by atoms with Crippen LogP contribution in [0, 0.1) is 0 Å². The van der Waals surface area contributed by atoms with Crippen LogP contribution in [0.15, 0.2) is 40.4 Å². The summed E-state index contributed by atoms with van der Waals surface area (Å²) in [5.41, 5.74) is 3.51. The number of hydrazine groups is 1. The first-order valence-corrected chi connectivity index (χ1v) is 5.96. The minimum Gasteiger partial charge on any atom is -0.412 e. The molecule has 2 aliphatic rings. The molecule has 7 N–H and O–H groups in total. The molecule has 13 nitrogen and oxygen atoms in total. The summed E-state index contributed by atoms with van der Waals surface area (Å²) in [5, 5.41) is 3.85. The van der Waals surface area contributed by atoms with Gasteiger partial charge in [0.2, 0.25) is 0 Å². The molecule has 0 radical (unpaired) electrons. The number of hydrogen-bond donors (Lipinski definition) is 3. The van der Waals surface area contributed by atoms with Gasteiger partial charge in [0.05, 0.1) is 0 Å². The second kappa shape index (κ2) is 7.52. The Morgan fingerprint density at radius 2 is 1.88 bits per heavy atom. The molecule has 126 valence electrons. The van der Waals surface area contributed by atoms with E-state index < -0.39 is 17.2 Å². The Bertz CT molecular complexity index is 908. The highest BCUT2D eigenvalue weighted by atomic mass is 16.2. The van der Waals surface area contributed by atoms with Crippen molar-refractivity contribution in [1.29, 1.82) is 0 Å². The molecule has 0 aromatic carbocycles. The van der Waals surface area contributed by atoms with E-state index in [9.17, 15) is 14.4 Å². The molecule has 0 saturated heterocycles. The van der Waals surface area contributed by atoms with Crippen LogP contribution in [0.1, 0.15) is 10.4 Å². The van der Waals surface area contributed by atoms with Gasteiger partial charge in [-0.1, -0.05) is 0 Å². The topological polar surface area (TPSA) is 211 Å². The van der Waals surface area contributed by atoms with Gasteiger partial charge in [-0.25, -0.2) is 20.7 Å². The number of carbonyl (C=O) groups excluding carboxylic acids is 1. The van der Waals surface area contributed by atoms with E-state index in [4.69, 9.17) is 0 Å². The van der Waals surface area contributed by atoms with Crippen LogP contribution < -0.4 is 22.2 Å². The molecule has 13 heteroatoms. The number of fused-ring (bicyclic) bond motifs is 1. The molecule has 0 bridgehead atoms. The van der Waals surface area contributed by atoms with Gasteiger partial charge in [-0.05, 0) is 12.1 Å². The van der Waals surface area contributed by atoms with Gasteiger partial charge in [-0.15, -0.1) is 9.89 Å². The van der Waals surface area contributed by atoms with E-state index in [2.05, 4.69) is 31.0 Å². The van der Waals surface area contributed by atoms with E-state index in [0.29, 0.717) is 5.56 Å². The Balaban J connectivity index is 0.00000144. The average molecular weight is 336 g/mol. The van der Waals surface area contributed by atoms with E-state index in [1.165, 1.54) is 24.5 Å². The highest BCUT2D eigenvalue weighted by Crippen LogP contribution is 2.01. The highest BCUT2D eigenvalue weighted by molar-refractivity contribution is 5.94. The maximum absolute atomic E-state index is 11.8. The average Bonchev–Trinajstić information content (AvgIpc) is 2.53. The zero-order valence-electron chi connectivity index (χ0n) is 11.8. The molecule has 1 aromatic heterocycles. The van der Waals surface area contributed by atoms with E-state index in [1.807, 2.05) is 4.98 Å². The van der Waals surface area contributed by atoms with Crippen molar-refractivity contribution >= 4 is 5.91 Å². The summed E-state index contributed by atoms with van der Waals surface area (Å²) in [6, 6.07) is 3.05. The molecule has 3 rings (SSSR count). The number of H-pyrrole nitrogens is 1. The third-order valence-electron chi connectivity index (χ3n) is 2.58. The Morgan fingerprint density at radius 1 is 1.17 bits per heavy atom. The number of aromatic nitrogens is 6. The van der Waals surface area contributed by atoms with Gasteiger partial charge >= 0.3 is 5.69 Å². The van der Waals surface area contributed by atoms with Gasteiger partial charge in [0.15, 0.2) is 11.5 Å². The second-order valence-corrected chi connectivity index (χ2v) is 4.03. The Labute approximate surface area is 132 Å². The van der Waals surface area contributed by atoms with Gasteiger partial charge in [-0.2, -0.15) is 4.98 Å². The summed E-state index contributed by atoms with van der Waals surface area (Å²) < 4.78 is 0. The van der Waals surface area contributed by atoms with Crippen LogP contribution in [0.2, 0.25) is 0 Å². The lowest BCUT2D eigenvalue weighted by Gasteiger charge is -2.11. The molecule has 0 spiro atoms. The first-order valence-electron chi connectivity index (χ1n) is 5.96. The Morgan fingerprint density at radius 3 is 2.58 bits per heavy atom. The van der Waals surface area contributed by atoms with E-state index >= 15 is 0 Å². The van der Waals surface area contributed by atoms with Gasteiger partial charge in [0.25, 0.3) is 11.5 Å². The summed E-state index contributed by atoms with van der Waals surface area (Å²) in [7, 11) is 0. The fourth-order valence-electron chi connectivity index (χ4n) is 1.60. The molecule has 2 aliphatic heterocycles. The second-order valence-electron chi connectivity index (χ2n) is 4.03. The summed E-state index contributed by atoms with van der Waals surface area (Å²) in [4.78, 5) is 48.5. The van der Waals surface area contributed by atoms with Gasteiger partial charge < -0.3 is 11.0 Å². The van der Waals surface area contributed by atoms with Crippen molar-refractivity contribution in [3.63, 3.8) is 0 Å². The highest BCUT2D eigenvalue weighted by Gasteiger charge is 2.13. The van der Waals surface area contributed by atoms with Crippen LogP contribution in [-0.4, -0.2) is 46.7 Å². The molecular formula is C11H12N8O5. The van der Waals surface area contributed by atoms with Crippen molar-refractivity contribution < 1.29 is 15.7 Å². The van der Waals surface area contributed by atoms with Crippen molar-refractivity contribution in [2.45, 2.75) is 0 Å². The number of nitrogens with one attached hydrogen (secondary N) is 3. The monoisotopic (exact) mass is 336 g/mol. The van der Waals surface area contributed by atoms with Crippen LogP contribution in [0.5, 0.6) is 0 Å². The predicted octanol–water partition coefficient (Wildman–Crippen LogP) is -3.54. The molecule has 24 heavy (non-hydrogen) atoms. The molecule has 0 aliphatic carbocycles. The molecule has 0 fully saturated rings. The van der Waals surface area contributed by atoms with Crippen LogP contribution in [0.3, 0.4) is 0 Å². The largest absolute Gasteiger partial charge is 0.412 e. The van der Waals surface area contributed by atoms with E-state index in [-0.39, 0.29) is 22.5 Å². The molecular weight excluding hydrogens is 324 g/mol. The number of aromatic amines is 1. The lowest BCUT2D eigenvalue weighted by Crippen LogP contribution is -2.38. The van der Waals surface area contributed by atoms with Gasteiger partial charge in [0.1, 0.15) is 6.33 Å². The number of nitrogens with zero attached hydrogens (tertiary/aromatic N) is 5. The number of rotatable bonds is 3. The van der Waals surface area contributed by atoms with Crippen LogP contribution in [0.4, 0.5) is 0 Å². The fourth-order valence-corrected chi connectivity index (χ4v) is 1.60. The lowest BCUT2D eigenvalue weighted by molar-refractivity contribution is 0.0955. The van der Waals surface area contributed by atoms with Crippen LogP contribution in [-0.2, 0) is 0 Å². The minimum atomic E-state index is -0.802. The number of carbonyl (C=O) groups is 1. The van der Waals surface area contributed by atoms with Crippen molar-refractivity contribution in [3.05, 3.63) is 57.3 Å². The Kier molecular flexibility index (Phi) is 5.75. The fraction of sp³-hybridized carbons (Fsp3) is 0. The number of pyridine rings is 1. The molecule has 0 atom stereocenters. The third-order valence-corrected chi connectivity index (χ3v) is 2.58. The maximum atomic E-state index is 11.8. The predicted molar refractivity (Wildman–Crippen MR) is 79.6 cm³/mol. The zero-order chi connectivity index (χ0) is 15.5. The maximum Gasteiger partial charge on any atom is 0.350 e. The van der Waals surface area contributed by atoms with Crippen molar-refractivity contribution in [1.82, 2.24) is 35.3 Å². The standard InChI is InChI=1S/C11H8N8O3.2H2O/c20-9(6-1-3-12-4-2-6)16-18-19-5-13-8-7(17-19)10(21)15-11(22)14-8;;/h1-5,18H,(H,16,20)(H,15,21,22);2*1H2. The SMILES string of the molecule is O.O.O=C(NNn1cnc2nc(=O)[nH]c(=O)c-2n1)c1ccncc1. The molecule has 1 aromatic rings. The normalized spacial score (nSPS) is 9.50. The zero-order valence-corrected chi connectivity index (χ0v) is 11.8. The van der Waals surface area contributed by atoms with Crippen LogP contribution in [0.25, 0.3) is 11.5 Å². The van der Waals surface area contributed by atoms with E-state index in [1.54, 1.807) is 0 Å². The van der Waals surface area contributed by atoms with Crippen molar-refractivity contribution in [3.8, 4) is 11.5 Å². The summed E-state index contributed by atoms with van der Waals surface area (Å²) in [5.74, 6) is -0.522. The minimum absolute atomic E-state index is 0. The Hall–Kier alpha value is -3.71. The van der Waals surface area contributed by atoms with Crippen molar-refractivity contribution in [2.75, 3.05) is 5.53 Å². The van der Waals surface area contributed by atoms with Gasteiger partial charge in [0, 0.05) is 18.0 Å². The quantitative estimate of drug-likeness (QED) is 0.406. The van der Waals surface area contributed by atoms with Crippen molar-refractivity contribution in [2.24, 2.45) is 0 Å². The number of hydrogen-bond acceptors (Lipinski definition) is 8. The summed E-state index contributed by atoms with van der Waals surface area (Å²) >= 11 is 0. The first kappa shape index (κ1) is 18.3. The summed E-state index contributed by atoms with van der Waals surface area (Å²) in [6.07, 6.45) is 4.11. The third kappa shape index (κ3) is 3.73. The first-order chi connectivity index (χ1) is 10.6. The molecule has 3 heterocycles. The number of amides is 1. The van der Waals surface area contributed by atoms with Gasteiger partial charge in [-0.3, -0.25) is 19.6 Å². The molecule has 0 unspecified atom stereocenters. The molecule has 0 saturated carbocycles. The molecule has 1 amide bonds. The lowest BCUT2D eigenvalue weighted by atomic mass is 10.3. The summed E-state index contributed by atoms with van der Waals surface area (Å²) in [6.45, 7) is 0. The van der Waals surface area contributed by atoms with Crippen LogP contribution >= 0.6 is 0 Å². The van der Waals surface area contributed by atoms with E-state index in [0.717, 1.165) is 11.1 Å².